The molecular formula is C20H24F2O4. The van der Waals surface area contributed by atoms with Crippen molar-refractivity contribution in [2.45, 2.75) is 51.6 Å². The number of hydrogen-bond acceptors (Lipinski definition) is 3. The molecule has 0 heterocycles. The zero-order valence-electron chi connectivity index (χ0n) is 14.7. The molecule has 2 N–H and O–H groups in total. The predicted octanol–water partition coefficient (Wildman–Crippen LogP) is 3.21. The van der Waals surface area contributed by atoms with E-state index in [0.717, 1.165) is 5.57 Å². The fourth-order valence-electron chi connectivity index (χ4n) is 6.78. The lowest BCUT2D eigenvalue weighted by atomic mass is 9.46. The zero-order chi connectivity index (χ0) is 18.9. The van der Waals surface area contributed by atoms with Gasteiger partial charge in [-0.25, -0.2) is 8.78 Å². The van der Waals surface area contributed by atoms with Crippen LogP contribution in [0.2, 0.25) is 0 Å². The van der Waals surface area contributed by atoms with Crippen molar-refractivity contribution in [1.82, 2.24) is 0 Å². The van der Waals surface area contributed by atoms with Crippen LogP contribution in [0.4, 0.5) is 8.78 Å². The van der Waals surface area contributed by atoms with Crippen LogP contribution < -0.4 is 0 Å². The van der Waals surface area contributed by atoms with Crippen LogP contribution in [0.1, 0.15) is 39.0 Å². The standard InChI is InChI=1S/C20H24F2O4/c1-19-7-6-11(23)8-10(19)2-3-12-13-4-5-14(17(25)26)20(13,18(21)22)9-15(24)16(12)19/h6-8,12-16,18,24H,2-5,9H2,1H3,(H,25,26)/t12-,13-,14+,15-,16+,19-,20+/m0/s1. The van der Waals surface area contributed by atoms with Crippen LogP contribution in [-0.2, 0) is 9.59 Å². The van der Waals surface area contributed by atoms with Gasteiger partial charge in [-0.1, -0.05) is 18.6 Å². The molecule has 142 valence electrons. The third-order valence-corrected chi connectivity index (χ3v) is 7.81. The Bertz CT molecular complexity index is 715. The largest absolute Gasteiger partial charge is 0.481 e. The van der Waals surface area contributed by atoms with E-state index in [1.807, 2.05) is 13.0 Å². The number of aliphatic hydroxyl groups is 1. The molecule has 6 heteroatoms. The number of carboxylic acids is 1. The van der Waals surface area contributed by atoms with E-state index in [1.54, 1.807) is 6.08 Å². The second-order valence-corrected chi connectivity index (χ2v) is 8.68. The SMILES string of the molecule is C[C@]12C=CC(=O)C=C1CC[C@@H]1[C@@H]2[C@@H](O)C[C@]2(C(F)F)[C@@H](C(=O)O)CC[C@@H]12. The van der Waals surface area contributed by atoms with Gasteiger partial charge >= 0.3 is 5.97 Å². The maximum absolute atomic E-state index is 14.2. The van der Waals surface area contributed by atoms with Gasteiger partial charge in [-0.15, -0.1) is 0 Å². The molecule has 3 saturated carbocycles. The van der Waals surface area contributed by atoms with Gasteiger partial charge in [-0.2, -0.15) is 0 Å². The van der Waals surface area contributed by atoms with Crippen molar-refractivity contribution in [3.8, 4) is 0 Å². The molecule has 3 fully saturated rings. The Morgan fingerprint density at radius 1 is 1.31 bits per heavy atom. The van der Waals surface area contributed by atoms with Gasteiger partial charge in [0.15, 0.2) is 5.78 Å². The van der Waals surface area contributed by atoms with Gasteiger partial charge in [-0.05, 0) is 56.1 Å². The van der Waals surface area contributed by atoms with Crippen LogP contribution in [0.5, 0.6) is 0 Å². The van der Waals surface area contributed by atoms with Crippen molar-refractivity contribution < 1.29 is 28.6 Å². The summed E-state index contributed by atoms with van der Waals surface area (Å²) in [6.45, 7) is 1.97. The number of aliphatic hydroxyl groups excluding tert-OH is 1. The molecule has 0 radical (unpaired) electrons. The van der Waals surface area contributed by atoms with E-state index in [1.165, 1.54) is 6.08 Å². The molecule has 0 aromatic carbocycles. The third-order valence-electron chi connectivity index (χ3n) is 7.81. The Balaban J connectivity index is 1.78. The average Bonchev–Trinajstić information content (AvgIpc) is 2.96. The van der Waals surface area contributed by atoms with Crippen molar-refractivity contribution in [3.63, 3.8) is 0 Å². The van der Waals surface area contributed by atoms with Crippen LogP contribution in [0, 0.1) is 34.5 Å². The summed E-state index contributed by atoms with van der Waals surface area (Å²) in [6.07, 6.45) is 2.96. The number of carboxylic acid groups (broad SMARTS) is 1. The van der Waals surface area contributed by atoms with E-state index < -0.39 is 41.2 Å². The molecule has 26 heavy (non-hydrogen) atoms. The minimum atomic E-state index is -2.76. The van der Waals surface area contributed by atoms with E-state index >= 15 is 0 Å². The first-order valence-electron chi connectivity index (χ1n) is 9.35. The van der Waals surface area contributed by atoms with Crippen LogP contribution >= 0.6 is 0 Å². The molecule has 7 atom stereocenters. The topological polar surface area (TPSA) is 74.6 Å². The number of rotatable bonds is 2. The summed E-state index contributed by atoms with van der Waals surface area (Å²) >= 11 is 0. The second kappa shape index (κ2) is 5.72. The summed E-state index contributed by atoms with van der Waals surface area (Å²) in [6, 6.07) is 0. The smallest absolute Gasteiger partial charge is 0.307 e. The maximum atomic E-state index is 14.2. The Morgan fingerprint density at radius 3 is 2.69 bits per heavy atom. The summed E-state index contributed by atoms with van der Waals surface area (Å²) in [5, 5.41) is 20.5. The third kappa shape index (κ3) is 2.14. The number of aliphatic carboxylic acids is 1. The Morgan fingerprint density at radius 2 is 2.04 bits per heavy atom. The molecule has 0 amide bonds. The lowest BCUT2D eigenvalue weighted by Gasteiger charge is -2.58. The van der Waals surface area contributed by atoms with Gasteiger partial charge in [-0.3, -0.25) is 9.59 Å². The molecule has 0 aromatic rings. The fraction of sp³-hybridized carbons (Fsp3) is 0.700. The number of halogens is 2. The lowest BCUT2D eigenvalue weighted by molar-refractivity contribution is -0.186. The summed E-state index contributed by atoms with van der Waals surface area (Å²) in [4.78, 5) is 23.4. The molecule has 4 nitrogen and oxygen atoms in total. The van der Waals surface area contributed by atoms with Crippen LogP contribution in [0.25, 0.3) is 0 Å². The molecule has 0 unspecified atom stereocenters. The molecule has 4 aliphatic carbocycles. The molecule has 0 bridgehead atoms. The number of carbonyl (C=O) groups is 2. The van der Waals surface area contributed by atoms with E-state index in [9.17, 15) is 28.6 Å². The molecule has 4 aliphatic rings. The van der Waals surface area contributed by atoms with Crippen LogP contribution in [0.15, 0.2) is 23.8 Å². The predicted molar refractivity (Wildman–Crippen MR) is 89.5 cm³/mol. The van der Waals surface area contributed by atoms with Crippen molar-refractivity contribution in [2.75, 3.05) is 0 Å². The zero-order valence-corrected chi connectivity index (χ0v) is 14.7. The molecule has 0 saturated heterocycles. The highest BCUT2D eigenvalue weighted by atomic mass is 19.3. The van der Waals surface area contributed by atoms with Crippen LogP contribution in [0.3, 0.4) is 0 Å². The normalized spacial score (nSPS) is 47.2. The number of fused-ring (bicyclic) bond motifs is 5. The van der Waals surface area contributed by atoms with Gasteiger partial charge in [0.25, 0.3) is 0 Å². The molecule has 0 aliphatic heterocycles. The highest BCUT2D eigenvalue weighted by Gasteiger charge is 2.67. The molecule has 0 aromatic heterocycles. The van der Waals surface area contributed by atoms with E-state index in [-0.39, 0.29) is 30.5 Å². The minimum absolute atomic E-state index is 0.0741. The molecular weight excluding hydrogens is 342 g/mol. The fourth-order valence-corrected chi connectivity index (χ4v) is 6.78. The second-order valence-electron chi connectivity index (χ2n) is 8.68. The first-order valence-corrected chi connectivity index (χ1v) is 9.35. The van der Waals surface area contributed by atoms with Crippen molar-refractivity contribution in [3.05, 3.63) is 23.8 Å². The van der Waals surface area contributed by atoms with Crippen molar-refractivity contribution >= 4 is 11.8 Å². The van der Waals surface area contributed by atoms with Gasteiger partial charge in [0.2, 0.25) is 6.43 Å². The first-order chi connectivity index (χ1) is 12.2. The lowest BCUT2D eigenvalue weighted by Crippen LogP contribution is -2.59. The van der Waals surface area contributed by atoms with E-state index in [4.69, 9.17) is 0 Å². The Labute approximate surface area is 151 Å². The van der Waals surface area contributed by atoms with E-state index in [2.05, 4.69) is 0 Å². The van der Waals surface area contributed by atoms with Gasteiger partial charge in [0, 0.05) is 11.3 Å². The Kier molecular flexibility index (Phi) is 3.92. The van der Waals surface area contributed by atoms with Crippen molar-refractivity contribution in [2.24, 2.45) is 34.5 Å². The van der Waals surface area contributed by atoms with E-state index in [0.29, 0.717) is 19.3 Å². The average molecular weight is 366 g/mol. The molecule has 0 spiro atoms. The highest BCUT2D eigenvalue weighted by Crippen LogP contribution is 2.67. The summed E-state index contributed by atoms with van der Waals surface area (Å²) < 4.78 is 28.5. The summed E-state index contributed by atoms with van der Waals surface area (Å²) in [5.41, 5.74) is -1.20. The first kappa shape index (κ1) is 17.8. The number of carbonyl (C=O) groups excluding carboxylic acids is 1. The molecule has 4 rings (SSSR count). The summed E-state index contributed by atoms with van der Waals surface area (Å²) in [7, 11) is 0. The number of allylic oxidation sites excluding steroid dienone is 4. The highest BCUT2D eigenvalue weighted by molar-refractivity contribution is 6.01. The van der Waals surface area contributed by atoms with Gasteiger partial charge < -0.3 is 10.2 Å². The minimum Gasteiger partial charge on any atom is -0.481 e. The van der Waals surface area contributed by atoms with Gasteiger partial charge in [0.05, 0.1) is 17.4 Å². The number of ketones is 1. The summed E-state index contributed by atoms with van der Waals surface area (Å²) in [5.74, 6) is -3.16. The van der Waals surface area contributed by atoms with Crippen LogP contribution in [-0.4, -0.2) is 34.5 Å². The van der Waals surface area contributed by atoms with Crippen molar-refractivity contribution in [1.29, 1.82) is 0 Å². The maximum Gasteiger partial charge on any atom is 0.307 e. The van der Waals surface area contributed by atoms with Gasteiger partial charge in [0.1, 0.15) is 0 Å². The monoisotopic (exact) mass is 366 g/mol. The number of alkyl halides is 2. The number of hydrogen-bond donors (Lipinski definition) is 2. The Hall–Kier alpha value is -1.56. The quantitative estimate of drug-likeness (QED) is 0.787.